The Balaban J connectivity index is 1.52. The number of hydrogen-bond acceptors (Lipinski definition) is 5. The van der Waals surface area contributed by atoms with Crippen molar-refractivity contribution in [1.82, 2.24) is 4.90 Å². The highest BCUT2D eigenvalue weighted by molar-refractivity contribution is 8.26. The highest BCUT2D eigenvalue weighted by Gasteiger charge is 2.31. The number of phenolic OH excluding ortho intramolecular Hbond substituents is 1. The Labute approximate surface area is 171 Å². The number of phenols is 1. The van der Waals surface area contributed by atoms with Gasteiger partial charge in [0.1, 0.15) is 15.9 Å². The number of aromatic hydroxyl groups is 1. The van der Waals surface area contributed by atoms with E-state index in [0.29, 0.717) is 27.9 Å². The molecule has 2 amide bonds. The summed E-state index contributed by atoms with van der Waals surface area (Å²) in [6, 6.07) is 12.0. The van der Waals surface area contributed by atoms with E-state index >= 15 is 0 Å². The molecule has 1 heterocycles. The summed E-state index contributed by atoms with van der Waals surface area (Å²) in [6.45, 7) is 0.342. The first kappa shape index (κ1) is 20.0. The molecule has 2 aromatic carbocycles. The first-order valence-corrected chi connectivity index (χ1v) is 9.75. The van der Waals surface area contributed by atoms with Crippen molar-refractivity contribution in [3.63, 3.8) is 0 Å². The summed E-state index contributed by atoms with van der Waals surface area (Å²) in [5.74, 6) is -0.604. The molecule has 144 valence electrons. The molecule has 0 bridgehead atoms. The van der Waals surface area contributed by atoms with Gasteiger partial charge in [0.15, 0.2) is 0 Å². The Morgan fingerprint density at radius 1 is 1.18 bits per heavy atom. The van der Waals surface area contributed by atoms with Crippen molar-refractivity contribution >= 4 is 51.9 Å². The van der Waals surface area contributed by atoms with Crippen LogP contribution >= 0.6 is 24.0 Å². The van der Waals surface area contributed by atoms with Gasteiger partial charge >= 0.3 is 0 Å². The van der Waals surface area contributed by atoms with Crippen molar-refractivity contribution in [2.75, 3.05) is 11.9 Å². The average Bonchev–Trinajstić information content (AvgIpc) is 2.93. The van der Waals surface area contributed by atoms with Gasteiger partial charge in [-0.2, -0.15) is 0 Å². The van der Waals surface area contributed by atoms with Crippen LogP contribution in [0.5, 0.6) is 5.75 Å². The number of nitrogens with one attached hydrogen (secondary N) is 1. The third-order valence-corrected chi connectivity index (χ3v) is 5.36. The van der Waals surface area contributed by atoms with Crippen LogP contribution in [0.25, 0.3) is 6.08 Å². The average molecular weight is 416 g/mol. The number of anilines is 1. The second-order valence-corrected chi connectivity index (χ2v) is 7.76. The minimum absolute atomic E-state index is 0.126. The highest BCUT2D eigenvalue weighted by atomic mass is 32.2. The van der Waals surface area contributed by atoms with Gasteiger partial charge in [-0.15, -0.1) is 0 Å². The minimum Gasteiger partial charge on any atom is -0.508 e. The van der Waals surface area contributed by atoms with Gasteiger partial charge in [0, 0.05) is 18.7 Å². The van der Waals surface area contributed by atoms with Crippen molar-refractivity contribution < 1.29 is 19.1 Å². The maximum absolute atomic E-state index is 13.0. The van der Waals surface area contributed by atoms with E-state index in [2.05, 4.69) is 5.32 Å². The Bertz CT molecular complexity index is 927. The summed E-state index contributed by atoms with van der Waals surface area (Å²) < 4.78 is 13.4. The van der Waals surface area contributed by atoms with Crippen molar-refractivity contribution in [2.24, 2.45) is 0 Å². The van der Waals surface area contributed by atoms with Crippen LogP contribution in [0.1, 0.15) is 18.4 Å². The summed E-state index contributed by atoms with van der Waals surface area (Å²) >= 11 is 6.47. The molecule has 0 unspecified atom stereocenters. The lowest BCUT2D eigenvalue weighted by Crippen LogP contribution is -2.29. The molecule has 8 heteroatoms. The fraction of sp³-hybridized carbons (Fsp3) is 0.150. The van der Waals surface area contributed by atoms with E-state index in [-0.39, 0.29) is 29.8 Å². The second kappa shape index (κ2) is 8.99. The topological polar surface area (TPSA) is 69.6 Å². The summed E-state index contributed by atoms with van der Waals surface area (Å²) in [4.78, 5) is 26.5. The van der Waals surface area contributed by atoms with Crippen molar-refractivity contribution in [3.8, 4) is 5.75 Å². The van der Waals surface area contributed by atoms with Gasteiger partial charge in [-0.25, -0.2) is 4.39 Å². The van der Waals surface area contributed by atoms with Crippen LogP contribution in [0.15, 0.2) is 53.4 Å². The number of carbonyl (C=O) groups is 2. The third-order valence-electron chi connectivity index (χ3n) is 3.98. The number of amides is 2. The standard InChI is InChI=1S/C20H17FN2O3S2/c21-14-5-3-13(4-6-14)12-17-19(26)23(20(27)28-17)11-1-2-18(25)22-15-7-9-16(24)10-8-15/h3-10,12,24H,1-2,11H2,(H,22,25)/b17-12-. The predicted molar refractivity (Wildman–Crippen MR) is 112 cm³/mol. The molecular weight excluding hydrogens is 399 g/mol. The molecule has 1 aliphatic heterocycles. The Morgan fingerprint density at radius 3 is 2.54 bits per heavy atom. The largest absolute Gasteiger partial charge is 0.508 e. The van der Waals surface area contributed by atoms with Crippen LogP contribution < -0.4 is 5.32 Å². The molecule has 1 saturated heterocycles. The van der Waals surface area contributed by atoms with Gasteiger partial charge in [0.25, 0.3) is 5.91 Å². The molecule has 0 aromatic heterocycles. The van der Waals surface area contributed by atoms with E-state index in [4.69, 9.17) is 12.2 Å². The van der Waals surface area contributed by atoms with Crippen LogP contribution in [0.3, 0.4) is 0 Å². The Kier molecular flexibility index (Phi) is 6.43. The quantitative estimate of drug-likeness (QED) is 0.421. The number of thioether (sulfide) groups is 1. The predicted octanol–water partition coefficient (Wildman–Crippen LogP) is 4.15. The monoisotopic (exact) mass is 416 g/mol. The summed E-state index contributed by atoms with van der Waals surface area (Å²) in [5.41, 5.74) is 1.31. The molecule has 0 atom stereocenters. The third kappa shape index (κ3) is 5.17. The molecule has 1 aliphatic rings. The van der Waals surface area contributed by atoms with Gasteiger partial charge in [0.05, 0.1) is 4.91 Å². The lowest BCUT2D eigenvalue weighted by molar-refractivity contribution is -0.122. The molecule has 0 aliphatic carbocycles. The molecule has 0 saturated carbocycles. The van der Waals surface area contributed by atoms with Crippen LogP contribution in [-0.2, 0) is 9.59 Å². The summed E-state index contributed by atoms with van der Waals surface area (Å²) in [7, 11) is 0. The molecule has 5 nitrogen and oxygen atoms in total. The van der Waals surface area contributed by atoms with Gasteiger partial charge in [0.2, 0.25) is 5.91 Å². The number of rotatable bonds is 6. The zero-order valence-electron chi connectivity index (χ0n) is 14.7. The number of benzene rings is 2. The zero-order valence-corrected chi connectivity index (χ0v) is 16.4. The van der Waals surface area contributed by atoms with Crippen molar-refractivity contribution in [2.45, 2.75) is 12.8 Å². The molecule has 0 radical (unpaired) electrons. The molecule has 0 spiro atoms. The number of carbonyl (C=O) groups excluding carboxylic acids is 2. The summed E-state index contributed by atoms with van der Waals surface area (Å²) in [5, 5.41) is 12.0. The summed E-state index contributed by atoms with van der Waals surface area (Å²) in [6.07, 6.45) is 2.37. The van der Waals surface area contributed by atoms with Crippen molar-refractivity contribution in [1.29, 1.82) is 0 Å². The normalized spacial score (nSPS) is 15.3. The molecule has 28 heavy (non-hydrogen) atoms. The van der Waals surface area contributed by atoms with Gasteiger partial charge in [-0.1, -0.05) is 36.1 Å². The second-order valence-electron chi connectivity index (χ2n) is 6.08. The van der Waals surface area contributed by atoms with E-state index in [1.54, 1.807) is 30.3 Å². The van der Waals surface area contributed by atoms with E-state index in [1.165, 1.54) is 40.9 Å². The fourth-order valence-electron chi connectivity index (χ4n) is 2.57. The van der Waals surface area contributed by atoms with Crippen molar-refractivity contribution in [3.05, 3.63) is 64.8 Å². The zero-order chi connectivity index (χ0) is 20.1. The highest BCUT2D eigenvalue weighted by Crippen LogP contribution is 2.32. The van der Waals surface area contributed by atoms with Gasteiger partial charge < -0.3 is 10.4 Å². The van der Waals surface area contributed by atoms with Gasteiger partial charge in [-0.05, 0) is 54.5 Å². The first-order chi connectivity index (χ1) is 13.4. The maximum atomic E-state index is 13.0. The minimum atomic E-state index is -0.338. The van der Waals surface area contributed by atoms with Crippen LogP contribution in [0, 0.1) is 5.82 Å². The number of halogens is 1. The van der Waals surface area contributed by atoms with E-state index < -0.39 is 0 Å². The number of thiocarbonyl (C=S) groups is 1. The van der Waals surface area contributed by atoms with E-state index in [0.717, 1.165) is 5.56 Å². The number of hydrogen-bond donors (Lipinski definition) is 2. The number of nitrogens with zero attached hydrogens (tertiary/aromatic N) is 1. The Hall–Kier alpha value is -2.71. The molecule has 2 N–H and O–H groups in total. The van der Waals surface area contributed by atoms with E-state index in [1.807, 2.05) is 0 Å². The van der Waals surface area contributed by atoms with Crippen LogP contribution in [-0.4, -0.2) is 32.7 Å². The SMILES string of the molecule is O=C(CCCN1C(=O)/C(=C/c2ccc(F)cc2)SC1=S)Nc1ccc(O)cc1. The molecular formula is C20H17FN2O3S2. The smallest absolute Gasteiger partial charge is 0.266 e. The molecule has 2 aromatic rings. The Morgan fingerprint density at radius 2 is 1.86 bits per heavy atom. The molecule has 3 rings (SSSR count). The fourth-order valence-corrected chi connectivity index (χ4v) is 3.88. The molecule has 1 fully saturated rings. The van der Waals surface area contributed by atoms with Gasteiger partial charge in [-0.3, -0.25) is 14.5 Å². The lowest BCUT2D eigenvalue weighted by atomic mass is 10.2. The van der Waals surface area contributed by atoms with Crippen LogP contribution in [0.2, 0.25) is 0 Å². The first-order valence-electron chi connectivity index (χ1n) is 8.52. The lowest BCUT2D eigenvalue weighted by Gasteiger charge is -2.14. The van der Waals surface area contributed by atoms with E-state index in [9.17, 15) is 19.1 Å². The maximum Gasteiger partial charge on any atom is 0.266 e. The van der Waals surface area contributed by atoms with Crippen LogP contribution in [0.4, 0.5) is 10.1 Å².